The highest BCUT2D eigenvalue weighted by atomic mass is 16.5. The molecular weight excluding hydrogens is 198 g/mol. The van der Waals surface area contributed by atoms with Gasteiger partial charge in [-0.1, -0.05) is 6.92 Å². The molecule has 1 aliphatic rings. The second-order valence-electron chi connectivity index (χ2n) is 4.03. The molecule has 0 amide bonds. The Morgan fingerprint density at radius 3 is 3.00 bits per heavy atom. The fraction of sp³-hybridized carbons (Fsp3) is 0.667. The second-order valence-corrected chi connectivity index (χ2v) is 4.03. The van der Waals surface area contributed by atoms with Gasteiger partial charge in [-0.2, -0.15) is 0 Å². The van der Waals surface area contributed by atoms with E-state index in [1.54, 1.807) is 0 Å². The number of hydrogen-bond donors (Lipinski definition) is 2. The van der Waals surface area contributed by atoms with Crippen molar-refractivity contribution in [1.82, 2.24) is 15.2 Å². The molecule has 1 unspecified atom stereocenters. The van der Waals surface area contributed by atoms with Crippen molar-refractivity contribution < 1.29 is 14.6 Å². The summed E-state index contributed by atoms with van der Waals surface area (Å²) in [7, 11) is 0. The summed E-state index contributed by atoms with van der Waals surface area (Å²) in [5, 5.41) is 15.0. The maximum Gasteiger partial charge on any atom is 0.375 e. The molecule has 82 valence electrons. The maximum atomic E-state index is 10.6. The highest BCUT2D eigenvalue weighted by Gasteiger charge is 2.33. The monoisotopic (exact) mass is 211 g/mol. The Morgan fingerprint density at radius 1 is 1.67 bits per heavy atom. The highest BCUT2D eigenvalue weighted by Crippen LogP contribution is 2.29. The van der Waals surface area contributed by atoms with Crippen molar-refractivity contribution >= 4 is 5.97 Å². The first-order valence-electron chi connectivity index (χ1n) is 4.86. The molecule has 1 atom stereocenters. The van der Waals surface area contributed by atoms with Crippen molar-refractivity contribution in [2.45, 2.75) is 25.2 Å². The minimum atomic E-state index is -1.11. The lowest BCUT2D eigenvalue weighted by Crippen LogP contribution is -2.34. The first-order valence-corrected chi connectivity index (χ1v) is 4.86. The van der Waals surface area contributed by atoms with E-state index in [9.17, 15) is 4.79 Å². The SMILES string of the molecule is CC1(c2nc(C(=O)O)n[nH]2)CCCOC1. The van der Waals surface area contributed by atoms with Crippen LogP contribution in [0.3, 0.4) is 0 Å². The molecule has 1 saturated heterocycles. The Morgan fingerprint density at radius 2 is 2.47 bits per heavy atom. The van der Waals surface area contributed by atoms with Gasteiger partial charge >= 0.3 is 5.97 Å². The minimum absolute atomic E-state index is 0.184. The summed E-state index contributed by atoms with van der Waals surface area (Å²) in [6.07, 6.45) is 1.89. The van der Waals surface area contributed by atoms with Crippen molar-refractivity contribution in [1.29, 1.82) is 0 Å². The van der Waals surface area contributed by atoms with Crippen LogP contribution in [-0.2, 0) is 10.2 Å². The van der Waals surface area contributed by atoms with Gasteiger partial charge in [0.05, 0.1) is 12.0 Å². The molecule has 0 bridgehead atoms. The number of aromatic nitrogens is 3. The fourth-order valence-electron chi connectivity index (χ4n) is 1.75. The molecule has 6 heteroatoms. The van der Waals surface area contributed by atoms with E-state index in [0.29, 0.717) is 12.4 Å². The summed E-state index contributed by atoms with van der Waals surface area (Å²) in [5.74, 6) is -0.700. The van der Waals surface area contributed by atoms with Gasteiger partial charge in [-0.15, -0.1) is 5.10 Å². The molecule has 2 N–H and O–H groups in total. The number of carboxylic acid groups (broad SMARTS) is 1. The fourth-order valence-corrected chi connectivity index (χ4v) is 1.75. The van der Waals surface area contributed by atoms with Crippen LogP contribution in [0.2, 0.25) is 0 Å². The van der Waals surface area contributed by atoms with E-state index in [2.05, 4.69) is 15.2 Å². The quantitative estimate of drug-likeness (QED) is 0.746. The Kier molecular flexibility index (Phi) is 2.44. The van der Waals surface area contributed by atoms with Crippen LogP contribution in [-0.4, -0.2) is 39.5 Å². The van der Waals surface area contributed by atoms with E-state index < -0.39 is 5.97 Å². The summed E-state index contributed by atoms with van der Waals surface area (Å²) in [4.78, 5) is 14.6. The van der Waals surface area contributed by atoms with Crippen LogP contribution in [0.4, 0.5) is 0 Å². The van der Waals surface area contributed by atoms with E-state index in [1.165, 1.54) is 0 Å². The molecule has 0 saturated carbocycles. The Balaban J connectivity index is 2.23. The van der Waals surface area contributed by atoms with Gasteiger partial charge in [0, 0.05) is 6.61 Å². The van der Waals surface area contributed by atoms with Gasteiger partial charge in [-0.05, 0) is 12.8 Å². The first-order chi connectivity index (χ1) is 7.12. The number of hydrogen-bond acceptors (Lipinski definition) is 4. The number of aromatic carboxylic acids is 1. The van der Waals surface area contributed by atoms with Crippen LogP contribution in [0, 0.1) is 0 Å². The zero-order valence-corrected chi connectivity index (χ0v) is 8.49. The summed E-state index contributed by atoms with van der Waals surface area (Å²) < 4.78 is 5.37. The summed E-state index contributed by atoms with van der Waals surface area (Å²) >= 11 is 0. The lowest BCUT2D eigenvalue weighted by atomic mass is 9.84. The number of rotatable bonds is 2. The topological polar surface area (TPSA) is 88.1 Å². The normalized spacial score (nSPS) is 26.5. The minimum Gasteiger partial charge on any atom is -0.475 e. The standard InChI is InChI=1S/C9H13N3O3/c1-9(3-2-4-15-5-9)8-10-6(7(13)14)11-12-8/h2-5H2,1H3,(H,13,14)(H,10,11,12). The number of H-pyrrole nitrogens is 1. The number of nitrogens with zero attached hydrogens (tertiary/aromatic N) is 2. The summed E-state index contributed by atoms with van der Waals surface area (Å²) in [6, 6.07) is 0. The summed E-state index contributed by atoms with van der Waals surface area (Å²) in [5.41, 5.74) is -0.237. The van der Waals surface area contributed by atoms with Crippen molar-refractivity contribution in [3.8, 4) is 0 Å². The number of ether oxygens (including phenoxy) is 1. The van der Waals surface area contributed by atoms with E-state index in [4.69, 9.17) is 9.84 Å². The molecule has 2 rings (SSSR count). The van der Waals surface area contributed by atoms with Gasteiger partial charge in [-0.3, -0.25) is 5.10 Å². The van der Waals surface area contributed by atoms with Gasteiger partial charge in [0.1, 0.15) is 5.82 Å². The average Bonchev–Trinajstić information content (AvgIpc) is 2.68. The summed E-state index contributed by atoms with van der Waals surface area (Å²) in [6.45, 7) is 3.31. The van der Waals surface area contributed by atoms with Crippen LogP contribution in [0.25, 0.3) is 0 Å². The highest BCUT2D eigenvalue weighted by molar-refractivity contribution is 5.82. The molecule has 1 aromatic heterocycles. The van der Waals surface area contributed by atoms with Crippen LogP contribution < -0.4 is 0 Å². The number of aromatic amines is 1. The lowest BCUT2D eigenvalue weighted by molar-refractivity contribution is 0.0384. The predicted octanol–water partition coefficient (Wildman–Crippen LogP) is 0.571. The van der Waals surface area contributed by atoms with Crippen molar-refractivity contribution in [2.75, 3.05) is 13.2 Å². The third kappa shape index (κ3) is 1.85. The number of carbonyl (C=O) groups is 1. The van der Waals surface area contributed by atoms with Gasteiger partial charge in [-0.25, -0.2) is 9.78 Å². The van der Waals surface area contributed by atoms with E-state index in [-0.39, 0.29) is 11.2 Å². The maximum absolute atomic E-state index is 10.6. The molecule has 0 radical (unpaired) electrons. The zero-order chi connectivity index (χ0) is 10.9. The molecule has 1 aliphatic heterocycles. The van der Waals surface area contributed by atoms with E-state index >= 15 is 0 Å². The predicted molar refractivity (Wildman–Crippen MR) is 50.7 cm³/mol. The number of carboxylic acids is 1. The van der Waals surface area contributed by atoms with Gasteiger partial charge in [0.15, 0.2) is 0 Å². The van der Waals surface area contributed by atoms with Crippen molar-refractivity contribution in [3.05, 3.63) is 11.6 Å². The Bertz CT molecular complexity index is 368. The molecule has 6 nitrogen and oxygen atoms in total. The van der Waals surface area contributed by atoms with Gasteiger partial charge in [0.25, 0.3) is 5.82 Å². The molecular formula is C9H13N3O3. The van der Waals surface area contributed by atoms with Crippen molar-refractivity contribution in [2.24, 2.45) is 0 Å². The largest absolute Gasteiger partial charge is 0.475 e. The molecule has 1 aromatic rings. The molecule has 0 aromatic carbocycles. The second kappa shape index (κ2) is 3.62. The van der Waals surface area contributed by atoms with E-state index in [0.717, 1.165) is 19.4 Å². The zero-order valence-electron chi connectivity index (χ0n) is 8.49. The smallest absolute Gasteiger partial charge is 0.375 e. The Labute approximate surface area is 86.7 Å². The number of nitrogens with one attached hydrogen (secondary N) is 1. The average molecular weight is 211 g/mol. The van der Waals surface area contributed by atoms with Crippen LogP contribution in [0.5, 0.6) is 0 Å². The molecule has 15 heavy (non-hydrogen) atoms. The van der Waals surface area contributed by atoms with E-state index in [1.807, 2.05) is 6.92 Å². The molecule has 0 spiro atoms. The lowest BCUT2D eigenvalue weighted by Gasteiger charge is -2.30. The molecule has 0 aliphatic carbocycles. The third-order valence-electron chi connectivity index (χ3n) is 2.69. The Hall–Kier alpha value is -1.43. The third-order valence-corrected chi connectivity index (χ3v) is 2.69. The molecule has 2 heterocycles. The van der Waals surface area contributed by atoms with Crippen molar-refractivity contribution in [3.63, 3.8) is 0 Å². The van der Waals surface area contributed by atoms with Crippen LogP contribution in [0.15, 0.2) is 0 Å². The molecule has 1 fully saturated rings. The van der Waals surface area contributed by atoms with Crippen LogP contribution in [0.1, 0.15) is 36.2 Å². The van der Waals surface area contributed by atoms with Gasteiger partial charge < -0.3 is 9.84 Å². The van der Waals surface area contributed by atoms with Crippen LogP contribution >= 0.6 is 0 Å². The van der Waals surface area contributed by atoms with Gasteiger partial charge in [0.2, 0.25) is 0 Å². The first kappa shape index (κ1) is 10.1.